The molecule has 0 bridgehead atoms. The summed E-state index contributed by atoms with van der Waals surface area (Å²) in [6, 6.07) is 9.71. The van der Waals surface area contributed by atoms with E-state index in [1.807, 2.05) is 48.9 Å². The van der Waals surface area contributed by atoms with Gasteiger partial charge in [0.05, 0.1) is 40.6 Å². The van der Waals surface area contributed by atoms with E-state index in [-0.39, 0.29) is 0 Å². The van der Waals surface area contributed by atoms with Gasteiger partial charge in [0.2, 0.25) is 0 Å². The molecule has 0 unspecified atom stereocenters. The van der Waals surface area contributed by atoms with Crippen LogP contribution in [0.2, 0.25) is 0 Å². The first-order valence-electron chi connectivity index (χ1n) is 17.1. The second-order valence-electron chi connectivity index (χ2n) is 12.3. The van der Waals surface area contributed by atoms with E-state index in [2.05, 4.69) is 55.9 Å². The first kappa shape index (κ1) is 33.1. The lowest BCUT2D eigenvalue weighted by Crippen LogP contribution is -2.33. The van der Waals surface area contributed by atoms with Crippen molar-refractivity contribution >= 4 is 27.2 Å². The zero-order chi connectivity index (χ0) is 33.3. The molecular weight excluding hydrogens is 684 g/mol. The summed E-state index contributed by atoms with van der Waals surface area (Å²) < 4.78 is 16.0. The van der Waals surface area contributed by atoms with Crippen molar-refractivity contribution in [2.75, 3.05) is 52.5 Å². The molecule has 0 saturated carbocycles. The highest BCUT2D eigenvalue weighted by Crippen LogP contribution is 2.22. The van der Waals surface area contributed by atoms with Crippen molar-refractivity contribution in [1.29, 1.82) is 0 Å². The Labute approximate surface area is 294 Å². The average molecular weight is 726 g/mol. The first-order valence-corrected chi connectivity index (χ1v) is 17.9. The summed E-state index contributed by atoms with van der Waals surface area (Å²) in [4.78, 5) is 22.7. The zero-order valence-electron chi connectivity index (χ0n) is 27.6. The number of pyridine rings is 2. The van der Waals surface area contributed by atoms with Crippen molar-refractivity contribution in [3.63, 3.8) is 0 Å². The molecule has 2 fully saturated rings. The van der Waals surface area contributed by atoms with Crippen LogP contribution in [0.4, 0.5) is 0 Å². The summed E-state index contributed by atoms with van der Waals surface area (Å²) in [5, 5.41) is 8.46. The van der Waals surface area contributed by atoms with E-state index in [0.717, 1.165) is 62.9 Å². The number of likely N-dealkylation sites (tertiary alicyclic amines) is 2. The summed E-state index contributed by atoms with van der Waals surface area (Å²) in [5.74, 6) is 1.61. The maximum Gasteiger partial charge on any atom is 0.169 e. The summed E-state index contributed by atoms with van der Waals surface area (Å²) >= 11 is 3.43. The van der Waals surface area contributed by atoms with E-state index in [1.54, 1.807) is 40.0 Å². The second kappa shape index (κ2) is 16.3. The molecule has 0 amide bonds. The summed E-state index contributed by atoms with van der Waals surface area (Å²) in [5.41, 5.74) is 5.19. The smallest absolute Gasteiger partial charge is 0.169 e. The molecule has 8 rings (SSSR count). The van der Waals surface area contributed by atoms with Gasteiger partial charge in [-0.25, -0.2) is 19.0 Å². The van der Waals surface area contributed by atoms with Crippen LogP contribution in [0, 0.1) is 0 Å². The van der Waals surface area contributed by atoms with Gasteiger partial charge in [0.1, 0.15) is 24.7 Å². The Morgan fingerprint density at radius 1 is 0.571 bits per heavy atom. The van der Waals surface area contributed by atoms with Crippen molar-refractivity contribution in [2.45, 2.75) is 38.5 Å². The minimum absolute atomic E-state index is 0.704. The third-order valence-corrected chi connectivity index (χ3v) is 9.43. The lowest BCUT2D eigenvalue weighted by Gasteiger charge is -2.26. The highest BCUT2D eigenvalue weighted by atomic mass is 79.9. The molecular formula is C36H41BrN10O2. The number of hydrogen-bond acceptors (Lipinski definition) is 10. The summed E-state index contributed by atoms with van der Waals surface area (Å²) in [6.07, 6.45) is 22.5. The Morgan fingerprint density at radius 3 is 1.71 bits per heavy atom. The SMILES string of the molecule is Brc1cnn2cc(-c3ccc(OCCN4CCCCC4)cn3)cnc12.c1cc2ncc(-c3ccc(OCCN4CCCCC4)cn3)cn2n1. The van der Waals surface area contributed by atoms with Gasteiger partial charge < -0.3 is 9.47 Å². The highest BCUT2D eigenvalue weighted by molar-refractivity contribution is 9.10. The van der Waals surface area contributed by atoms with Crippen LogP contribution in [0.15, 0.2) is 84.4 Å². The molecule has 0 aromatic carbocycles. The van der Waals surface area contributed by atoms with Crippen LogP contribution in [0.25, 0.3) is 33.8 Å². The minimum Gasteiger partial charge on any atom is -0.491 e. The normalized spacial score (nSPS) is 15.6. The number of hydrogen-bond donors (Lipinski definition) is 0. The van der Waals surface area contributed by atoms with Gasteiger partial charge in [-0.15, -0.1) is 0 Å². The van der Waals surface area contributed by atoms with E-state index in [9.17, 15) is 0 Å². The van der Waals surface area contributed by atoms with Gasteiger partial charge in [-0.1, -0.05) is 12.8 Å². The number of aromatic nitrogens is 8. The molecule has 13 heteroatoms. The van der Waals surface area contributed by atoms with Gasteiger partial charge in [-0.3, -0.25) is 19.8 Å². The Bertz CT molecular complexity index is 1920. The topological polar surface area (TPSA) is 111 Å². The van der Waals surface area contributed by atoms with Gasteiger partial charge in [0.25, 0.3) is 0 Å². The molecule has 0 N–H and O–H groups in total. The maximum absolute atomic E-state index is 5.83. The first-order chi connectivity index (χ1) is 24.2. The predicted octanol–water partition coefficient (Wildman–Crippen LogP) is 6.07. The van der Waals surface area contributed by atoms with Crippen molar-refractivity contribution < 1.29 is 9.47 Å². The number of fused-ring (bicyclic) bond motifs is 2. The van der Waals surface area contributed by atoms with Gasteiger partial charge in [0, 0.05) is 55.1 Å². The zero-order valence-corrected chi connectivity index (χ0v) is 29.2. The molecule has 2 aliphatic heterocycles. The van der Waals surface area contributed by atoms with Crippen LogP contribution in [0.5, 0.6) is 11.5 Å². The highest BCUT2D eigenvalue weighted by Gasteiger charge is 2.12. The Hall–Kier alpha value is -4.46. The Balaban J connectivity index is 0.000000154. The van der Waals surface area contributed by atoms with Crippen LogP contribution >= 0.6 is 15.9 Å². The van der Waals surface area contributed by atoms with Crippen molar-refractivity contribution in [3.8, 4) is 34.0 Å². The maximum atomic E-state index is 5.83. The fraction of sp³-hybridized carbons (Fsp3) is 0.389. The Morgan fingerprint density at radius 2 is 1.14 bits per heavy atom. The molecule has 0 spiro atoms. The molecule has 2 saturated heterocycles. The third kappa shape index (κ3) is 8.77. The lowest BCUT2D eigenvalue weighted by molar-refractivity contribution is 0.183. The van der Waals surface area contributed by atoms with E-state index in [1.165, 1.54) is 64.7 Å². The fourth-order valence-electron chi connectivity index (χ4n) is 6.14. The number of rotatable bonds is 10. The van der Waals surface area contributed by atoms with E-state index in [0.29, 0.717) is 13.2 Å². The van der Waals surface area contributed by atoms with E-state index < -0.39 is 0 Å². The molecule has 12 nitrogen and oxygen atoms in total. The van der Waals surface area contributed by atoms with Crippen LogP contribution in [0.1, 0.15) is 38.5 Å². The molecule has 8 heterocycles. The van der Waals surface area contributed by atoms with Gasteiger partial charge >= 0.3 is 0 Å². The largest absolute Gasteiger partial charge is 0.491 e. The van der Waals surface area contributed by atoms with Crippen LogP contribution in [-0.4, -0.2) is 101 Å². The second-order valence-corrected chi connectivity index (χ2v) is 13.2. The summed E-state index contributed by atoms with van der Waals surface area (Å²) in [7, 11) is 0. The molecule has 0 atom stereocenters. The van der Waals surface area contributed by atoms with E-state index >= 15 is 0 Å². The standard InChI is InChI=1S/C18H20BrN5O.C18H21N5O/c19-16-12-22-24-13-14(10-21-18(16)24)17-5-4-15(11-20-17)25-9-8-23-6-2-1-3-7-23;1-2-8-22(9-3-1)10-11-24-16-4-5-17(19-13-16)15-12-20-18-6-7-21-23(18)14-15/h4-5,10-13H,1-3,6-9H2;4-7,12-14H,1-3,8-11H2. The lowest BCUT2D eigenvalue weighted by atomic mass is 10.1. The van der Waals surface area contributed by atoms with Crippen LogP contribution in [0.3, 0.4) is 0 Å². The molecule has 49 heavy (non-hydrogen) atoms. The summed E-state index contributed by atoms with van der Waals surface area (Å²) in [6.45, 7) is 8.17. The number of ether oxygens (including phenoxy) is 2. The molecule has 6 aromatic heterocycles. The van der Waals surface area contributed by atoms with Gasteiger partial charge in [-0.2, -0.15) is 10.2 Å². The number of piperidine rings is 2. The fourth-order valence-corrected chi connectivity index (χ4v) is 6.52. The predicted molar refractivity (Wildman–Crippen MR) is 192 cm³/mol. The molecule has 254 valence electrons. The van der Waals surface area contributed by atoms with Crippen LogP contribution < -0.4 is 9.47 Å². The van der Waals surface area contributed by atoms with Crippen molar-refractivity contribution in [3.05, 3.63) is 84.4 Å². The third-order valence-electron chi connectivity index (χ3n) is 8.87. The molecule has 2 aliphatic rings. The minimum atomic E-state index is 0.704. The monoisotopic (exact) mass is 724 g/mol. The quantitative estimate of drug-likeness (QED) is 0.165. The van der Waals surface area contributed by atoms with Crippen LogP contribution in [-0.2, 0) is 0 Å². The number of halogens is 1. The van der Waals surface area contributed by atoms with Crippen molar-refractivity contribution in [2.24, 2.45) is 0 Å². The molecule has 0 aliphatic carbocycles. The van der Waals surface area contributed by atoms with Gasteiger partial charge in [0.15, 0.2) is 11.3 Å². The molecule has 0 radical (unpaired) electrons. The van der Waals surface area contributed by atoms with E-state index in [4.69, 9.17) is 9.47 Å². The average Bonchev–Trinajstić information content (AvgIpc) is 3.79. The Kier molecular flexibility index (Phi) is 11.0. The van der Waals surface area contributed by atoms with Gasteiger partial charge in [-0.05, 0) is 92.1 Å². The van der Waals surface area contributed by atoms with Crippen molar-refractivity contribution in [1.82, 2.24) is 49.0 Å². The molecule has 6 aromatic rings. The number of nitrogens with zero attached hydrogens (tertiary/aromatic N) is 10.